The fourth-order valence-electron chi connectivity index (χ4n) is 0.997. The minimum atomic E-state index is -1.11. The predicted molar refractivity (Wildman–Crippen MR) is 68.0 cm³/mol. The van der Waals surface area contributed by atoms with Crippen LogP contribution in [0.15, 0.2) is 30.3 Å². The molecule has 0 aromatic heterocycles. The molecule has 0 saturated carbocycles. The van der Waals surface area contributed by atoms with E-state index in [1.54, 1.807) is 18.2 Å². The number of carboxylic acids is 1. The molecule has 88 valence electrons. The molecule has 7 heteroatoms. The van der Waals surface area contributed by atoms with Gasteiger partial charge in [-0.05, 0) is 12.1 Å². The Labute approximate surface area is 148 Å². The van der Waals surface area contributed by atoms with E-state index in [9.17, 15) is 14.4 Å². The van der Waals surface area contributed by atoms with Crippen LogP contribution in [-0.4, -0.2) is 82.1 Å². The normalized spacial score (nSPS) is 8.44. The Kier molecular flexibility index (Phi) is 12.0. The van der Waals surface area contributed by atoms with Gasteiger partial charge >= 0.3 is 77.0 Å². The third kappa shape index (κ3) is 8.02. The van der Waals surface area contributed by atoms with Crippen molar-refractivity contribution >= 4 is 77.0 Å². The van der Waals surface area contributed by atoms with Crippen molar-refractivity contribution in [2.75, 3.05) is 0 Å². The minimum absolute atomic E-state index is 0. The molecular formula is C11H12Na2O5. The van der Waals surface area contributed by atoms with Gasteiger partial charge < -0.3 is 9.84 Å². The van der Waals surface area contributed by atoms with Gasteiger partial charge in [0.2, 0.25) is 0 Å². The summed E-state index contributed by atoms with van der Waals surface area (Å²) < 4.78 is 4.45. The van der Waals surface area contributed by atoms with Gasteiger partial charge in [0.05, 0.1) is 18.4 Å². The van der Waals surface area contributed by atoms with E-state index in [0.717, 1.165) is 0 Å². The first-order valence-electron chi connectivity index (χ1n) is 4.61. The van der Waals surface area contributed by atoms with Crippen molar-refractivity contribution in [3.8, 4) is 0 Å². The summed E-state index contributed by atoms with van der Waals surface area (Å²) >= 11 is 0. The molecule has 0 unspecified atom stereocenters. The summed E-state index contributed by atoms with van der Waals surface area (Å²) in [4.78, 5) is 32.5. The third-order valence-corrected chi connectivity index (χ3v) is 1.76. The van der Waals surface area contributed by atoms with Crippen molar-refractivity contribution in [2.45, 2.75) is 12.8 Å². The molecule has 0 bridgehead atoms. The molecule has 0 spiro atoms. The molecule has 0 aliphatic heterocycles. The zero-order valence-electron chi connectivity index (χ0n) is 8.38. The monoisotopic (exact) mass is 270 g/mol. The predicted octanol–water partition coefficient (Wildman–Crippen LogP) is -0.0622. The van der Waals surface area contributed by atoms with Crippen molar-refractivity contribution in [2.24, 2.45) is 0 Å². The summed E-state index contributed by atoms with van der Waals surface area (Å²) in [6.45, 7) is 0. The van der Waals surface area contributed by atoms with Gasteiger partial charge in [0, 0.05) is 0 Å². The molecule has 0 atom stereocenters. The zero-order valence-corrected chi connectivity index (χ0v) is 8.38. The van der Waals surface area contributed by atoms with Gasteiger partial charge in [0.15, 0.2) is 0 Å². The van der Waals surface area contributed by atoms with Crippen LogP contribution in [0.3, 0.4) is 0 Å². The number of aliphatic carboxylic acids is 1. The van der Waals surface area contributed by atoms with Gasteiger partial charge in [0.1, 0.15) is 0 Å². The Bertz CT molecular complexity index is 405. The molecule has 0 amide bonds. The van der Waals surface area contributed by atoms with Crippen molar-refractivity contribution in [1.82, 2.24) is 0 Å². The van der Waals surface area contributed by atoms with Crippen molar-refractivity contribution in [3.05, 3.63) is 35.9 Å². The molecule has 5 nitrogen and oxygen atoms in total. The van der Waals surface area contributed by atoms with E-state index in [0.29, 0.717) is 0 Å². The van der Waals surface area contributed by atoms with Crippen LogP contribution in [-0.2, 0) is 14.3 Å². The van der Waals surface area contributed by atoms with E-state index in [1.807, 2.05) is 0 Å². The van der Waals surface area contributed by atoms with Crippen LogP contribution >= 0.6 is 0 Å². The van der Waals surface area contributed by atoms with E-state index in [2.05, 4.69) is 4.74 Å². The van der Waals surface area contributed by atoms with Gasteiger partial charge in [-0.15, -0.1) is 0 Å². The van der Waals surface area contributed by atoms with Crippen LogP contribution in [0, 0.1) is 0 Å². The van der Waals surface area contributed by atoms with E-state index < -0.39 is 17.9 Å². The average Bonchev–Trinajstić information content (AvgIpc) is 2.27. The number of hydrogen-bond acceptors (Lipinski definition) is 4. The van der Waals surface area contributed by atoms with Crippen molar-refractivity contribution in [3.63, 3.8) is 0 Å². The van der Waals surface area contributed by atoms with Crippen LogP contribution in [0.2, 0.25) is 0 Å². The van der Waals surface area contributed by atoms with E-state index in [1.165, 1.54) is 12.1 Å². The molecule has 1 N–H and O–H groups in total. The Hall–Kier alpha value is -0.170. The van der Waals surface area contributed by atoms with Gasteiger partial charge in [-0.1, -0.05) is 18.2 Å². The van der Waals surface area contributed by atoms with Crippen molar-refractivity contribution in [1.29, 1.82) is 0 Å². The quantitative estimate of drug-likeness (QED) is 0.471. The first-order valence-corrected chi connectivity index (χ1v) is 4.61. The number of hydrogen-bond donors (Lipinski definition) is 1. The van der Waals surface area contributed by atoms with Crippen molar-refractivity contribution < 1.29 is 24.2 Å². The van der Waals surface area contributed by atoms with Crippen LogP contribution in [0.1, 0.15) is 23.2 Å². The second kappa shape index (κ2) is 10.7. The fourth-order valence-corrected chi connectivity index (χ4v) is 0.997. The molecule has 1 aromatic carbocycles. The Morgan fingerprint density at radius 3 is 2.06 bits per heavy atom. The molecule has 0 aliphatic rings. The van der Waals surface area contributed by atoms with E-state index >= 15 is 0 Å². The van der Waals surface area contributed by atoms with Gasteiger partial charge in [0.25, 0.3) is 0 Å². The first-order chi connectivity index (χ1) is 7.59. The summed E-state index contributed by atoms with van der Waals surface area (Å²) in [6.07, 6.45) is -0.658. The Balaban J connectivity index is 0. The second-order valence-corrected chi connectivity index (χ2v) is 3.02. The van der Waals surface area contributed by atoms with Crippen LogP contribution in [0.4, 0.5) is 0 Å². The van der Waals surface area contributed by atoms with E-state index in [-0.39, 0.29) is 77.5 Å². The average molecular weight is 270 g/mol. The standard InChI is InChI=1S/C11H10O5.2Na.2H/c12-9(13)6-7-10(14)16-11(15)8-4-2-1-3-5-8;;;;/h1-5H,6-7H2,(H,12,13);;;;. The summed E-state index contributed by atoms with van der Waals surface area (Å²) in [6, 6.07) is 8.01. The zero-order chi connectivity index (χ0) is 12.0. The molecule has 18 heavy (non-hydrogen) atoms. The number of ether oxygens (including phenoxy) is 1. The number of carbonyl (C=O) groups is 3. The number of carboxylic acid groups (broad SMARTS) is 1. The Morgan fingerprint density at radius 1 is 1.00 bits per heavy atom. The summed E-state index contributed by atoms with van der Waals surface area (Å²) in [5.74, 6) is -2.71. The maximum atomic E-state index is 11.3. The first kappa shape index (κ1) is 20.2. The van der Waals surface area contributed by atoms with Gasteiger partial charge in [-0.2, -0.15) is 0 Å². The molecule has 0 aliphatic carbocycles. The SMILES string of the molecule is O=C(O)CCC(=O)OC(=O)c1ccccc1.[NaH].[NaH]. The maximum absolute atomic E-state index is 11.3. The topological polar surface area (TPSA) is 80.7 Å². The fraction of sp³-hybridized carbons (Fsp3) is 0.182. The van der Waals surface area contributed by atoms with Gasteiger partial charge in [-0.3, -0.25) is 9.59 Å². The molecule has 0 saturated heterocycles. The van der Waals surface area contributed by atoms with Crippen LogP contribution in [0.25, 0.3) is 0 Å². The number of rotatable bonds is 4. The Morgan fingerprint density at radius 2 is 1.56 bits per heavy atom. The van der Waals surface area contributed by atoms with Gasteiger partial charge in [-0.25, -0.2) is 4.79 Å². The summed E-state index contributed by atoms with van der Waals surface area (Å²) in [5, 5.41) is 8.32. The number of carbonyl (C=O) groups excluding carboxylic acids is 2. The number of esters is 2. The third-order valence-electron chi connectivity index (χ3n) is 1.76. The molecule has 0 radical (unpaired) electrons. The molecule has 0 fully saturated rings. The molecular weight excluding hydrogens is 258 g/mol. The summed E-state index contributed by atoms with van der Waals surface area (Å²) in [5.41, 5.74) is 0.256. The van der Waals surface area contributed by atoms with Crippen LogP contribution < -0.4 is 0 Å². The number of benzene rings is 1. The summed E-state index contributed by atoms with van der Waals surface area (Å²) in [7, 11) is 0. The molecule has 1 rings (SSSR count). The van der Waals surface area contributed by atoms with E-state index in [4.69, 9.17) is 5.11 Å². The second-order valence-electron chi connectivity index (χ2n) is 3.02. The molecule has 1 aromatic rings. The molecule has 0 heterocycles. The van der Waals surface area contributed by atoms with Crippen LogP contribution in [0.5, 0.6) is 0 Å².